The molecule has 1 rings (SSSR count). The van der Waals surface area contributed by atoms with Gasteiger partial charge in [0.25, 0.3) is 0 Å². The fraction of sp³-hybridized carbons (Fsp3) is 0.750. The largest absolute Gasteiger partial charge is 0.300 e. The summed E-state index contributed by atoms with van der Waals surface area (Å²) < 4.78 is 0. The Hall–Kier alpha value is -0.660. The minimum absolute atomic E-state index is 0.0428. The average Bonchev–Trinajstić information content (AvgIpc) is 1.88. The Kier molecular flexibility index (Phi) is 2.20. The maximum Gasteiger partial charge on any atom is 0.133 e. The van der Waals surface area contributed by atoms with Crippen molar-refractivity contribution in [1.29, 1.82) is 0 Å². The number of Topliss-reactive ketones (excluding diaryl/α,β-unsaturated/α-hetero) is 2. The molecular weight excluding hydrogens is 128 g/mol. The summed E-state index contributed by atoms with van der Waals surface area (Å²) >= 11 is 0. The van der Waals surface area contributed by atoms with Crippen LogP contribution in [0.15, 0.2) is 0 Å². The third kappa shape index (κ3) is 1.66. The summed E-state index contributed by atoms with van der Waals surface area (Å²) in [5.74, 6) is 0.473. The van der Waals surface area contributed by atoms with E-state index in [9.17, 15) is 9.59 Å². The van der Waals surface area contributed by atoms with Crippen molar-refractivity contribution in [2.45, 2.75) is 32.6 Å². The van der Waals surface area contributed by atoms with E-state index in [-0.39, 0.29) is 17.5 Å². The summed E-state index contributed by atoms with van der Waals surface area (Å²) in [7, 11) is 0. The summed E-state index contributed by atoms with van der Waals surface area (Å²) in [6.07, 6.45) is 3.00. The Labute approximate surface area is 60.6 Å². The molecule has 0 unspecified atom stereocenters. The molecule has 2 heteroatoms. The molecule has 56 valence electrons. The van der Waals surface area contributed by atoms with Gasteiger partial charge in [-0.05, 0) is 19.8 Å². The highest BCUT2D eigenvalue weighted by Gasteiger charge is 2.22. The Balaban J connectivity index is 2.47. The van der Waals surface area contributed by atoms with E-state index in [0.29, 0.717) is 12.8 Å². The average molecular weight is 140 g/mol. The van der Waals surface area contributed by atoms with Gasteiger partial charge in [0, 0.05) is 18.8 Å². The highest BCUT2D eigenvalue weighted by molar-refractivity contribution is 5.87. The van der Waals surface area contributed by atoms with Crippen molar-refractivity contribution < 1.29 is 9.59 Å². The summed E-state index contributed by atoms with van der Waals surface area (Å²) in [5.41, 5.74) is 0. The van der Waals surface area contributed by atoms with Crippen molar-refractivity contribution in [1.82, 2.24) is 0 Å². The van der Waals surface area contributed by atoms with Gasteiger partial charge in [-0.25, -0.2) is 0 Å². The fourth-order valence-electron chi connectivity index (χ4n) is 1.37. The second-order valence-electron chi connectivity index (χ2n) is 2.94. The highest BCUT2D eigenvalue weighted by Crippen LogP contribution is 2.21. The monoisotopic (exact) mass is 140 g/mol. The van der Waals surface area contributed by atoms with Gasteiger partial charge in [0.2, 0.25) is 0 Å². The van der Waals surface area contributed by atoms with E-state index in [2.05, 4.69) is 0 Å². The number of rotatable bonds is 1. The van der Waals surface area contributed by atoms with Crippen LogP contribution in [0.2, 0.25) is 0 Å². The van der Waals surface area contributed by atoms with Crippen molar-refractivity contribution in [3.63, 3.8) is 0 Å². The third-order valence-electron chi connectivity index (χ3n) is 2.06. The molecule has 1 aliphatic carbocycles. The van der Waals surface area contributed by atoms with Gasteiger partial charge in [0.1, 0.15) is 11.6 Å². The number of carbonyl (C=O) groups excluding carboxylic acids is 2. The number of ketones is 2. The van der Waals surface area contributed by atoms with Crippen LogP contribution in [0.1, 0.15) is 32.6 Å². The molecule has 1 saturated carbocycles. The zero-order valence-corrected chi connectivity index (χ0v) is 6.22. The van der Waals surface area contributed by atoms with Crippen molar-refractivity contribution in [2.75, 3.05) is 0 Å². The van der Waals surface area contributed by atoms with E-state index >= 15 is 0 Å². The van der Waals surface area contributed by atoms with Crippen LogP contribution in [-0.2, 0) is 9.59 Å². The van der Waals surface area contributed by atoms with E-state index in [1.54, 1.807) is 6.92 Å². The molecule has 1 fully saturated rings. The lowest BCUT2D eigenvalue weighted by atomic mass is 9.86. The van der Waals surface area contributed by atoms with Crippen molar-refractivity contribution >= 4 is 11.6 Å². The van der Waals surface area contributed by atoms with Crippen molar-refractivity contribution in [3.05, 3.63) is 0 Å². The second kappa shape index (κ2) is 2.95. The minimum Gasteiger partial charge on any atom is -0.300 e. The van der Waals surface area contributed by atoms with Gasteiger partial charge < -0.3 is 0 Å². The molecule has 0 radical (unpaired) electrons. The number of hydrogen-bond donors (Lipinski definition) is 0. The summed E-state index contributed by atoms with van der Waals surface area (Å²) in [6.45, 7) is 1.57. The van der Waals surface area contributed by atoms with Gasteiger partial charge in [0.05, 0.1) is 0 Å². The van der Waals surface area contributed by atoms with Gasteiger partial charge in [-0.15, -0.1) is 0 Å². The van der Waals surface area contributed by atoms with Crippen LogP contribution in [0.4, 0.5) is 0 Å². The first kappa shape index (κ1) is 7.45. The Morgan fingerprint density at radius 1 is 1.60 bits per heavy atom. The van der Waals surface area contributed by atoms with Crippen molar-refractivity contribution in [2.24, 2.45) is 5.92 Å². The molecule has 2 nitrogen and oxygen atoms in total. The molecule has 0 amide bonds. The van der Waals surface area contributed by atoms with Crippen LogP contribution in [0.5, 0.6) is 0 Å². The summed E-state index contributed by atoms with van der Waals surface area (Å²) in [6, 6.07) is 0. The van der Waals surface area contributed by atoms with E-state index in [1.165, 1.54) is 0 Å². The fourth-order valence-corrected chi connectivity index (χ4v) is 1.37. The van der Waals surface area contributed by atoms with Crippen LogP contribution in [-0.4, -0.2) is 11.6 Å². The molecule has 0 saturated heterocycles. The van der Waals surface area contributed by atoms with Gasteiger partial charge in [0.15, 0.2) is 0 Å². The zero-order chi connectivity index (χ0) is 7.56. The van der Waals surface area contributed by atoms with Crippen LogP contribution in [0, 0.1) is 5.92 Å². The molecule has 0 N–H and O–H groups in total. The Morgan fingerprint density at radius 2 is 2.30 bits per heavy atom. The molecule has 0 aromatic rings. The lowest BCUT2D eigenvalue weighted by Gasteiger charge is -2.17. The lowest BCUT2D eigenvalue weighted by molar-refractivity contribution is -0.128. The topological polar surface area (TPSA) is 34.1 Å². The van der Waals surface area contributed by atoms with Crippen LogP contribution >= 0.6 is 0 Å². The first-order valence-electron chi connectivity index (χ1n) is 3.72. The molecule has 0 aromatic heterocycles. The molecule has 10 heavy (non-hydrogen) atoms. The van der Waals surface area contributed by atoms with Crippen LogP contribution < -0.4 is 0 Å². The standard InChI is InChI=1S/C8H12O2/c1-6(9)7-3-2-4-8(10)5-7/h7H,2-5H2,1H3/t7-/m1/s1. The minimum atomic E-state index is 0.0428. The molecule has 0 heterocycles. The van der Waals surface area contributed by atoms with E-state index in [1.807, 2.05) is 0 Å². The van der Waals surface area contributed by atoms with Crippen LogP contribution in [0.3, 0.4) is 0 Å². The Morgan fingerprint density at radius 3 is 2.70 bits per heavy atom. The zero-order valence-electron chi connectivity index (χ0n) is 6.22. The maximum atomic E-state index is 10.8. The van der Waals surface area contributed by atoms with E-state index in [4.69, 9.17) is 0 Å². The molecule has 1 aliphatic rings. The highest BCUT2D eigenvalue weighted by atomic mass is 16.1. The maximum absolute atomic E-state index is 10.8. The second-order valence-corrected chi connectivity index (χ2v) is 2.94. The summed E-state index contributed by atoms with van der Waals surface area (Å²) in [5, 5.41) is 0. The molecule has 0 bridgehead atoms. The third-order valence-corrected chi connectivity index (χ3v) is 2.06. The predicted molar refractivity (Wildman–Crippen MR) is 37.6 cm³/mol. The normalized spacial score (nSPS) is 26.5. The lowest BCUT2D eigenvalue weighted by Crippen LogP contribution is -2.20. The first-order valence-corrected chi connectivity index (χ1v) is 3.72. The SMILES string of the molecule is CC(=O)[C@@H]1CCCC(=O)C1. The van der Waals surface area contributed by atoms with Gasteiger partial charge in [-0.3, -0.25) is 9.59 Å². The van der Waals surface area contributed by atoms with E-state index < -0.39 is 0 Å². The molecule has 0 aliphatic heterocycles. The van der Waals surface area contributed by atoms with Gasteiger partial charge >= 0.3 is 0 Å². The van der Waals surface area contributed by atoms with E-state index in [0.717, 1.165) is 12.8 Å². The molecule has 0 spiro atoms. The van der Waals surface area contributed by atoms with Gasteiger partial charge in [-0.2, -0.15) is 0 Å². The molecular formula is C8H12O2. The first-order chi connectivity index (χ1) is 4.70. The smallest absolute Gasteiger partial charge is 0.133 e. The van der Waals surface area contributed by atoms with Crippen LogP contribution in [0.25, 0.3) is 0 Å². The predicted octanol–water partition coefficient (Wildman–Crippen LogP) is 1.33. The van der Waals surface area contributed by atoms with Crippen molar-refractivity contribution in [3.8, 4) is 0 Å². The quantitative estimate of drug-likeness (QED) is 0.550. The number of hydrogen-bond acceptors (Lipinski definition) is 2. The number of carbonyl (C=O) groups is 2. The molecule has 0 aromatic carbocycles. The molecule has 1 atom stereocenters. The summed E-state index contributed by atoms with van der Waals surface area (Å²) in [4.78, 5) is 21.6. The van der Waals surface area contributed by atoms with Gasteiger partial charge in [-0.1, -0.05) is 0 Å². The Bertz CT molecular complexity index is 159.